The van der Waals surface area contributed by atoms with Crippen LogP contribution in [0.1, 0.15) is 165 Å². The Balaban J connectivity index is 1.29. The summed E-state index contributed by atoms with van der Waals surface area (Å²) in [5, 5.41) is 0. The van der Waals surface area contributed by atoms with Crippen LogP contribution in [0.3, 0.4) is 0 Å². The van der Waals surface area contributed by atoms with Crippen molar-refractivity contribution >= 4 is 11.9 Å². The van der Waals surface area contributed by atoms with Gasteiger partial charge >= 0.3 is 5.97 Å². The Morgan fingerprint density at radius 1 is 0.958 bits per heavy atom. The summed E-state index contributed by atoms with van der Waals surface area (Å²) in [7, 11) is 0. The number of ether oxygens (including phenoxy) is 1. The predicted octanol–water partition coefficient (Wildman–Crippen LogP) is 9.19. The number of allylic oxidation sites excluding steroid dienone is 1. The molecule has 0 bridgehead atoms. The average Bonchev–Trinajstić information content (AvgIpc) is 3.33. The molecule has 4 N–H and O–H groups in total. The standard InChI is InChI=1S/C42H75N3O3/c1-10-30(29(2)3)12-11-13-31-15-17-35-34-16-14-32-28-33(20-22-42(32,9)36(34)21-23-41(31,35)8)48-38(47)19-18-37(46)45(26-24-39(4,5)43)27-25-40(6,7)44/h14,29-31,33-36H,10-13,15-28,43-44H2,1-9H3. The largest absolute Gasteiger partial charge is 0.462 e. The van der Waals surface area contributed by atoms with Crippen LogP contribution < -0.4 is 11.5 Å². The van der Waals surface area contributed by atoms with Crippen molar-refractivity contribution < 1.29 is 14.3 Å². The normalized spacial score (nSPS) is 32.6. The third-order valence-corrected chi connectivity index (χ3v) is 14.1. The van der Waals surface area contributed by atoms with Gasteiger partial charge in [-0.25, -0.2) is 0 Å². The summed E-state index contributed by atoms with van der Waals surface area (Å²) in [4.78, 5) is 28.1. The summed E-state index contributed by atoms with van der Waals surface area (Å²) in [6.45, 7) is 21.4. The number of amides is 1. The average molecular weight is 670 g/mol. The maximum Gasteiger partial charge on any atom is 0.306 e. The van der Waals surface area contributed by atoms with Crippen molar-refractivity contribution in [2.45, 2.75) is 182 Å². The molecule has 4 aliphatic carbocycles. The molecule has 0 radical (unpaired) electrons. The molecule has 0 saturated heterocycles. The minimum absolute atomic E-state index is 0.0168. The van der Waals surface area contributed by atoms with Crippen LogP contribution in [0, 0.1) is 46.3 Å². The minimum atomic E-state index is -0.360. The third kappa shape index (κ3) is 9.68. The molecule has 4 rings (SSSR count). The molecule has 1 amide bonds. The lowest BCUT2D eigenvalue weighted by Crippen LogP contribution is -2.50. The molecular formula is C42H75N3O3. The molecule has 3 saturated carbocycles. The maximum absolute atomic E-state index is 13.2. The molecule has 0 heterocycles. The second-order valence-corrected chi connectivity index (χ2v) is 19.1. The highest BCUT2D eigenvalue weighted by Crippen LogP contribution is 2.67. The molecule has 6 nitrogen and oxygen atoms in total. The van der Waals surface area contributed by atoms with Crippen molar-refractivity contribution in [1.29, 1.82) is 0 Å². The second-order valence-electron chi connectivity index (χ2n) is 19.1. The first kappa shape index (κ1) is 39.4. The maximum atomic E-state index is 13.2. The first-order valence-corrected chi connectivity index (χ1v) is 20.1. The summed E-state index contributed by atoms with van der Waals surface area (Å²) < 4.78 is 6.07. The van der Waals surface area contributed by atoms with Crippen molar-refractivity contribution in [2.75, 3.05) is 13.1 Å². The summed E-state index contributed by atoms with van der Waals surface area (Å²) in [5.41, 5.74) is 14.0. The van der Waals surface area contributed by atoms with E-state index >= 15 is 0 Å². The highest BCUT2D eigenvalue weighted by molar-refractivity contribution is 5.81. The zero-order valence-corrected chi connectivity index (χ0v) is 32.7. The Kier molecular flexibility index (Phi) is 13.0. The summed E-state index contributed by atoms with van der Waals surface area (Å²) in [5.74, 6) is 4.77. The van der Waals surface area contributed by atoms with E-state index in [1.54, 1.807) is 5.57 Å². The fourth-order valence-electron chi connectivity index (χ4n) is 10.8. The van der Waals surface area contributed by atoms with Crippen LogP contribution in [0.2, 0.25) is 0 Å². The van der Waals surface area contributed by atoms with Crippen molar-refractivity contribution in [3.63, 3.8) is 0 Å². The fraction of sp³-hybridized carbons (Fsp3) is 0.905. The number of carbonyl (C=O) groups excluding carboxylic acids is 2. The van der Waals surface area contributed by atoms with Gasteiger partial charge in [0.25, 0.3) is 0 Å². The Bertz CT molecular complexity index is 1100. The lowest BCUT2D eigenvalue weighted by Gasteiger charge is -2.58. The molecule has 0 aromatic rings. The quantitative estimate of drug-likeness (QED) is 0.126. The number of nitrogens with zero attached hydrogens (tertiary/aromatic N) is 1. The molecule has 8 atom stereocenters. The van der Waals surface area contributed by atoms with Crippen LogP contribution in [0.15, 0.2) is 11.6 Å². The van der Waals surface area contributed by atoms with Crippen molar-refractivity contribution in [3.8, 4) is 0 Å². The third-order valence-electron chi connectivity index (χ3n) is 14.1. The van der Waals surface area contributed by atoms with Crippen LogP contribution in [0.25, 0.3) is 0 Å². The van der Waals surface area contributed by atoms with Gasteiger partial charge in [0.2, 0.25) is 5.91 Å². The van der Waals surface area contributed by atoms with E-state index in [0.717, 1.165) is 54.8 Å². The van der Waals surface area contributed by atoms with Gasteiger partial charge in [-0.2, -0.15) is 0 Å². The van der Waals surface area contributed by atoms with Crippen molar-refractivity contribution in [3.05, 3.63) is 11.6 Å². The molecule has 0 aliphatic heterocycles. The van der Waals surface area contributed by atoms with Gasteiger partial charge in [0.05, 0.1) is 6.42 Å². The molecule has 48 heavy (non-hydrogen) atoms. The summed E-state index contributed by atoms with van der Waals surface area (Å²) in [6.07, 6.45) is 19.5. The van der Waals surface area contributed by atoms with Gasteiger partial charge in [0, 0.05) is 37.0 Å². The number of hydrogen-bond donors (Lipinski definition) is 2. The van der Waals surface area contributed by atoms with Crippen molar-refractivity contribution in [2.24, 2.45) is 57.8 Å². The highest BCUT2D eigenvalue weighted by Gasteiger charge is 2.58. The molecule has 0 spiro atoms. The molecule has 6 heteroatoms. The van der Waals surface area contributed by atoms with Gasteiger partial charge in [-0.1, -0.05) is 65.5 Å². The monoisotopic (exact) mass is 670 g/mol. The van der Waals surface area contributed by atoms with Gasteiger partial charge < -0.3 is 21.1 Å². The smallest absolute Gasteiger partial charge is 0.306 e. The van der Waals surface area contributed by atoms with E-state index in [0.29, 0.717) is 31.3 Å². The first-order chi connectivity index (χ1) is 22.4. The summed E-state index contributed by atoms with van der Waals surface area (Å²) in [6, 6.07) is 0. The second kappa shape index (κ2) is 15.9. The van der Waals surface area contributed by atoms with E-state index in [1.165, 1.54) is 57.8 Å². The zero-order valence-electron chi connectivity index (χ0n) is 32.7. The predicted molar refractivity (Wildman–Crippen MR) is 199 cm³/mol. The van der Waals surface area contributed by atoms with E-state index in [2.05, 4.69) is 40.7 Å². The molecular weight excluding hydrogens is 594 g/mol. The number of esters is 1. The van der Waals surface area contributed by atoms with Crippen molar-refractivity contribution in [1.82, 2.24) is 4.90 Å². The molecule has 4 aliphatic rings. The number of rotatable bonds is 16. The van der Waals surface area contributed by atoms with Crippen LogP contribution in [-0.4, -0.2) is 47.0 Å². The van der Waals surface area contributed by atoms with Crippen LogP contribution in [-0.2, 0) is 14.3 Å². The van der Waals surface area contributed by atoms with E-state index < -0.39 is 0 Å². The molecule has 0 aromatic carbocycles. The Hall–Kier alpha value is -1.40. The van der Waals surface area contributed by atoms with E-state index in [9.17, 15) is 9.59 Å². The molecule has 3 fully saturated rings. The lowest BCUT2D eigenvalue weighted by atomic mass is 9.47. The van der Waals surface area contributed by atoms with Gasteiger partial charge in [-0.15, -0.1) is 0 Å². The van der Waals surface area contributed by atoms with Crippen LogP contribution >= 0.6 is 0 Å². The lowest BCUT2D eigenvalue weighted by molar-refractivity contribution is -0.153. The molecule has 0 aromatic heterocycles. The number of hydrogen-bond acceptors (Lipinski definition) is 5. The SMILES string of the molecule is CCC(CCCC1CCC2C3CC=C4CC(OC(=O)CCC(=O)N(CCC(C)(C)N)CCC(C)(C)N)CCC4(C)C3CCC12C)C(C)C. The number of nitrogens with two attached hydrogens (primary N) is 2. The van der Waals surface area contributed by atoms with Gasteiger partial charge in [-0.05, 0) is 138 Å². The number of fused-ring (bicyclic) bond motifs is 5. The summed E-state index contributed by atoms with van der Waals surface area (Å²) >= 11 is 0. The van der Waals surface area contributed by atoms with E-state index in [4.69, 9.17) is 16.2 Å². The van der Waals surface area contributed by atoms with Gasteiger partial charge in [0.1, 0.15) is 6.10 Å². The highest BCUT2D eigenvalue weighted by atomic mass is 16.5. The molecule has 276 valence electrons. The van der Waals surface area contributed by atoms with Crippen LogP contribution in [0.5, 0.6) is 0 Å². The van der Waals surface area contributed by atoms with Gasteiger partial charge in [-0.3, -0.25) is 9.59 Å². The minimum Gasteiger partial charge on any atom is -0.462 e. The first-order valence-electron chi connectivity index (χ1n) is 20.1. The van der Waals surface area contributed by atoms with E-state index in [-0.39, 0.29) is 47.3 Å². The fourth-order valence-corrected chi connectivity index (χ4v) is 10.8. The Morgan fingerprint density at radius 2 is 1.62 bits per heavy atom. The van der Waals surface area contributed by atoms with Crippen LogP contribution in [0.4, 0.5) is 0 Å². The Morgan fingerprint density at radius 3 is 2.23 bits per heavy atom. The van der Waals surface area contributed by atoms with Gasteiger partial charge in [0.15, 0.2) is 0 Å². The Labute approximate surface area is 295 Å². The number of carbonyl (C=O) groups is 2. The molecule has 8 unspecified atom stereocenters. The van der Waals surface area contributed by atoms with E-state index in [1.807, 2.05) is 32.6 Å². The zero-order chi connectivity index (χ0) is 35.5. The topological polar surface area (TPSA) is 98.7 Å².